The number of hydrogen-bond acceptors (Lipinski definition) is 3. The van der Waals surface area contributed by atoms with Gasteiger partial charge in [0.25, 0.3) is 0 Å². The van der Waals surface area contributed by atoms with Crippen molar-refractivity contribution in [3.63, 3.8) is 0 Å². The lowest BCUT2D eigenvalue weighted by Gasteiger charge is -2.26. The molecule has 3 heteroatoms. The van der Waals surface area contributed by atoms with Crippen LogP contribution < -0.4 is 0 Å². The third kappa shape index (κ3) is 10.9. The van der Waals surface area contributed by atoms with Crippen molar-refractivity contribution in [3.8, 4) is 5.75 Å². The van der Waals surface area contributed by atoms with E-state index in [9.17, 15) is 5.11 Å². The third-order valence-corrected chi connectivity index (χ3v) is 7.49. The molecule has 0 fully saturated rings. The number of hydrogen-bond donors (Lipinski definition) is 3. The minimum Gasteiger partial charge on any atom is -0.507 e. The fraction of sp³-hybridized carbons (Fsp3) is 0.786. The highest BCUT2D eigenvalue weighted by atomic mass is 32.1. The minimum atomic E-state index is 0.0402. The zero-order chi connectivity index (χ0) is 23.3. The number of unbranched alkanes of at least 4 members (excludes halogenated alkanes) is 10. The van der Waals surface area contributed by atoms with Crippen molar-refractivity contribution in [2.75, 3.05) is 0 Å². The Balaban J connectivity index is 2.84. The van der Waals surface area contributed by atoms with Crippen LogP contribution in [0.4, 0.5) is 0 Å². The lowest BCUT2D eigenvalue weighted by molar-refractivity contribution is 0.453. The Morgan fingerprint density at radius 1 is 0.677 bits per heavy atom. The molecular formula is C28H50OS2. The molecule has 0 saturated carbocycles. The van der Waals surface area contributed by atoms with Gasteiger partial charge in [-0.3, -0.25) is 0 Å². The van der Waals surface area contributed by atoms with Gasteiger partial charge in [-0.25, -0.2) is 0 Å². The Bertz CT molecular complexity index is 563. The average molecular weight is 467 g/mol. The largest absolute Gasteiger partial charge is 0.507 e. The van der Waals surface area contributed by atoms with Gasteiger partial charge in [0, 0.05) is 21.6 Å². The van der Waals surface area contributed by atoms with E-state index in [2.05, 4.69) is 46.8 Å². The number of aromatic hydroxyl groups is 1. The van der Waals surface area contributed by atoms with E-state index in [-0.39, 0.29) is 15.9 Å². The van der Waals surface area contributed by atoms with Crippen LogP contribution in [-0.4, -0.2) is 5.11 Å². The summed E-state index contributed by atoms with van der Waals surface area (Å²) in [5, 5.41) is 11.3. The first kappa shape index (κ1) is 28.8. The summed E-state index contributed by atoms with van der Waals surface area (Å²) >= 11 is 9.85. The van der Waals surface area contributed by atoms with E-state index in [1.54, 1.807) is 0 Å². The van der Waals surface area contributed by atoms with E-state index in [0.717, 1.165) is 24.0 Å². The van der Waals surface area contributed by atoms with Gasteiger partial charge in [0.2, 0.25) is 0 Å². The zero-order valence-corrected chi connectivity index (χ0v) is 22.8. The molecule has 1 aromatic rings. The smallest absolute Gasteiger partial charge is 0.124 e. The van der Waals surface area contributed by atoms with Gasteiger partial charge in [-0.05, 0) is 23.8 Å². The van der Waals surface area contributed by atoms with Gasteiger partial charge in [0.15, 0.2) is 0 Å². The van der Waals surface area contributed by atoms with Gasteiger partial charge in [0.1, 0.15) is 5.75 Å². The van der Waals surface area contributed by atoms with Gasteiger partial charge in [-0.1, -0.05) is 124 Å². The molecule has 0 aliphatic heterocycles. The molecule has 1 rings (SSSR count). The molecule has 1 aromatic carbocycles. The second-order valence-electron chi connectivity index (χ2n) is 10.4. The van der Waals surface area contributed by atoms with Gasteiger partial charge < -0.3 is 5.11 Å². The standard InChI is InChI=1S/C28H50OS2/c1-6-8-10-12-14-16-18-25(30)23-20-22(28(3,4)5)21-24(27(23)29)26(31)19-17-15-13-11-9-7-2/h20-21,25-26,29-31H,6-19H2,1-5H3. The van der Waals surface area contributed by atoms with Crippen LogP contribution in [0.3, 0.4) is 0 Å². The fourth-order valence-electron chi connectivity index (χ4n) is 4.17. The van der Waals surface area contributed by atoms with Crippen molar-refractivity contribution in [2.45, 2.75) is 140 Å². The van der Waals surface area contributed by atoms with Crippen molar-refractivity contribution < 1.29 is 5.11 Å². The van der Waals surface area contributed by atoms with E-state index >= 15 is 0 Å². The molecule has 1 nitrogen and oxygen atoms in total. The fourth-order valence-corrected chi connectivity index (χ4v) is 4.93. The predicted molar refractivity (Wildman–Crippen MR) is 146 cm³/mol. The van der Waals surface area contributed by atoms with Gasteiger partial charge in [-0.2, -0.15) is 25.3 Å². The van der Waals surface area contributed by atoms with E-state index in [1.165, 1.54) is 82.6 Å². The summed E-state index contributed by atoms with van der Waals surface area (Å²) in [5.74, 6) is 0.435. The van der Waals surface area contributed by atoms with E-state index in [0.29, 0.717) is 5.75 Å². The van der Waals surface area contributed by atoms with Crippen molar-refractivity contribution >= 4 is 25.3 Å². The maximum absolute atomic E-state index is 11.2. The first-order valence-electron chi connectivity index (χ1n) is 13.0. The second kappa shape index (κ2) is 15.5. The summed E-state index contributed by atoms with van der Waals surface area (Å²) in [4.78, 5) is 0. The number of phenolic OH excluding ortho intramolecular Hbond substituents is 1. The molecule has 2 unspecified atom stereocenters. The maximum atomic E-state index is 11.2. The monoisotopic (exact) mass is 466 g/mol. The van der Waals surface area contributed by atoms with Crippen molar-refractivity contribution in [1.29, 1.82) is 0 Å². The summed E-state index contributed by atoms with van der Waals surface area (Å²) in [6, 6.07) is 4.39. The molecule has 0 bridgehead atoms. The van der Waals surface area contributed by atoms with Crippen LogP contribution in [0.2, 0.25) is 0 Å². The van der Waals surface area contributed by atoms with E-state index in [4.69, 9.17) is 25.3 Å². The average Bonchev–Trinajstić information content (AvgIpc) is 2.72. The summed E-state index contributed by atoms with van der Waals surface area (Å²) < 4.78 is 0. The Kier molecular flexibility index (Phi) is 14.4. The molecule has 0 aromatic heterocycles. The molecule has 0 heterocycles. The van der Waals surface area contributed by atoms with E-state index in [1.807, 2.05) is 0 Å². The van der Waals surface area contributed by atoms with Crippen molar-refractivity contribution in [3.05, 3.63) is 28.8 Å². The lowest BCUT2D eigenvalue weighted by Crippen LogP contribution is -2.13. The minimum absolute atomic E-state index is 0.0402. The Morgan fingerprint density at radius 3 is 1.39 bits per heavy atom. The SMILES string of the molecule is CCCCCCCCC(S)c1cc(C(C)(C)C)cc(C(S)CCCCCCCC)c1O. The molecule has 2 atom stereocenters. The predicted octanol–water partition coefficient (Wildman–Crippen LogP) is 10.1. The van der Waals surface area contributed by atoms with Crippen LogP contribution in [0, 0.1) is 0 Å². The third-order valence-electron chi connectivity index (χ3n) is 6.42. The van der Waals surface area contributed by atoms with Crippen LogP contribution in [-0.2, 0) is 5.41 Å². The van der Waals surface area contributed by atoms with Crippen LogP contribution in [0.15, 0.2) is 12.1 Å². The molecule has 31 heavy (non-hydrogen) atoms. The Hall–Kier alpha value is -0.280. The van der Waals surface area contributed by atoms with Crippen LogP contribution in [0.1, 0.15) is 152 Å². The summed E-state index contributed by atoms with van der Waals surface area (Å²) in [6.45, 7) is 11.3. The molecule has 1 N–H and O–H groups in total. The highest BCUT2D eigenvalue weighted by Gasteiger charge is 2.24. The summed E-state index contributed by atoms with van der Waals surface area (Å²) in [5.41, 5.74) is 3.32. The zero-order valence-electron chi connectivity index (χ0n) is 21.1. The number of phenols is 1. The molecule has 0 spiro atoms. The van der Waals surface area contributed by atoms with Crippen LogP contribution in [0.5, 0.6) is 5.75 Å². The first-order chi connectivity index (χ1) is 14.7. The number of thiol groups is 2. The lowest BCUT2D eigenvalue weighted by atomic mass is 9.83. The molecule has 0 radical (unpaired) electrons. The molecule has 0 saturated heterocycles. The number of rotatable bonds is 16. The number of benzene rings is 1. The van der Waals surface area contributed by atoms with E-state index < -0.39 is 0 Å². The Labute approximate surface area is 205 Å². The van der Waals surface area contributed by atoms with Gasteiger partial charge in [0.05, 0.1) is 0 Å². The van der Waals surface area contributed by atoms with Crippen molar-refractivity contribution in [1.82, 2.24) is 0 Å². The van der Waals surface area contributed by atoms with Crippen LogP contribution >= 0.6 is 25.3 Å². The normalized spacial score (nSPS) is 14.0. The molecule has 180 valence electrons. The van der Waals surface area contributed by atoms with Crippen LogP contribution in [0.25, 0.3) is 0 Å². The quantitative estimate of drug-likeness (QED) is 0.163. The van der Waals surface area contributed by atoms with Gasteiger partial charge in [-0.15, -0.1) is 0 Å². The molecular weight excluding hydrogens is 416 g/mol. The van der Waals surface area contributed by atoms with Gasteiger partial charge >= 0.3 is 0 Å². The summed E-state index contributed by atoms with van der Waals surface area (Å²) in [6.07, 6.45) is 17.4. The van der Waals surface area contributed by atoms with Crippen molar-refractivity contribution in [2.24, 2.45) is 0 Å². The topological polar surface area (TPSA) is 20.2 Å². The molecule has 0 aliphatic carbocycles. The molecule has 0 aliphatic rings. The maximum Gasteiger partial charge on any atom is 0.124 e. The highest BCUT2D eigenvalue weighted by Crippen LogP contribution is 2.43. The Morgan fingerprint density at radius 2 is 1.03 bits per heavy atom. The highest BCUT2D eigenvalue weighted by molar-refractivity contribution is 7.80. The molecule has 0 amide bonds. The summed E-state index contributed by atoms with van der Waals surface area (Å²) in [7, 11) is 0. The second-order valence-corrected chi connectivity index (χ2v) is 11.6. The first-order valence-corrected chi connectivity index (χ1v) is 14.0.